The third-order valence-corrected chi connectivity index (χ3v) is 3.44. The highest BCUT2D eigenvalue weighted by molar-refractivity contribution is 5.92. The molecule has 7 nitrogen and oxygen atoms in total. The molecule has 1 unspecified atom stereocenters. The van der Waals surface area contributed by atoms with Gasteiger partial charge in [-0.25, -0.2) is 0 Å². The van der Waals surface area contributed by atoms with Crippen molar-refractivity contribution in [3.8, 4) is 11.1 Å². The largest absolute Gasteiger partial charge is 0.481 e. The molecule has 2 heterocycles. The fraction of sp³-hybridized carbons (Fsp3) is 0.214. The molecule has 0 radical (unpaired) electrons. The van der Waals surface area contributed by atoms with Crippen LogP contribution in [0.2, 0.25) is 0 Å². The van der Waals surface area contributed by atoms with Crippen molar-refractivity contribution in [2.24, 2.45) is 5.92 Å². The molecule has 0 spiro atoms. The summed E-state index contributed by atoms with van der Waals surface area (Å²) in [5, 5.41) is 20.8. The standard InChI is InChI=1S/C14H15N5O2/c1-8(14(20)21)6-19-7-10(5-16-19)9-2-3-12-11(4-9)13(15)18-17-12/h2-5,7-8H,6H2,1H3,(H,20,21)(H3,15,17,18). The summed E-state index contributed by atoms with van der Waals surface area (Å²) in [5.41, 5.74) is 8.55. The first kappa shape index (κ1) is 13.2. The number of nitrogen functional groups attached to an aromatic ring is 1. The summed E-state index contributed by atoms with van der Waals surface area (Å²) in [5.74, 6) is -0.858. The molecule has 7 heteroatoms. The van der Waals surface area contributed by atoms with E-state index in [0.29, 0.717) is 12.4 Å². The zero-order chi connectivity index (χ0) is 15.0. The molecule has 2 aromatic heterocycles. The predicted octanol–water partition coefficient (Wildman–Crippen LogP) is 1.73. The van der Waals surface area contributed by atoms with Gasteiger partial charge in [-0.1, -0.05) is 13.0 Å². The molecule has 0 bridgehead atoms. The molecule has 0 saturated carbocycles. The summed E-state index contributed by atoms with van der Waals surface area (Å²) in [4.78, 5) is 10.9. The van der Waals surface area contributed by atoms with E-state index in [1.807, 2.05) is 24.4 Å². The van der Waals surface area contributed by atoms with Crippen LogP contribution in [0.25, 0.3) is 22.0 Å². The zero-order valence-electron chi connectivity index (χ0n) is 11.4. The number of H-pyrrole nitrogens is 1. The topological polar surface area (TPSA) is 110 Å². The second-order valence-electron chi connectivity index (χ2n) is 5.06. The molecule has 0 aliphatic rings. The van der Waals surface area contributed by atoms with Gasteiger partial charge >= 0.3 is 5.97 Å². The van der Waals surface area contributed by atoms with E-state index in [1.165, 1.54) is 0 Å². The van der Waals surface area contributed by atoms with Gasteiger partial charge in [-0.05, 0) is 17.7 Å². The van der Waals surface area contributed by atoms with E-state index >= 15 is 0 Å². The smallest absolute Gasteiger partial charge is 0.308 e. The van der Waals surface area contributed by atoms with Crippen molar-refractivity contribution in [3.63, 3.8) is 0 Å². The lowest BCUT2D eigenvalue weighted by atomic mass is 10.1. The molecule has 3 aromatic rings. The number of aliphatic carboxylic acids is 1. The number of hydrogen-bond donors (Lipinski definition) is 3. The molecule has 0 aliphatic heterocycles. The minimum absolute atomic E-state index is 0.339. The molecule has 0 saturated heterocycles. The Morgan fingerprint density at radius 1 is 1.48 bits per heavy atom. The molecule has 4 N–H and O–H groups in total. The van der Waals surface area contributed by atoms with Gasteiger partial charge in [0.05, 0.1) is 24.2 Å². The number of nitrogens with one attached hydrogen (secondary N) is 1. The van der Waals surface area contributed by atoms with E-state index in [0.717, 1.165) is 22.0 Å². The Hall–Kier alpha value is -2.83. The second-order valence-corrected chi connectivity index (χ2v) is 5.06. The quantitative estimate of drug-likeness (QED) is 0.676. The number of nitrogens with zero attached hydrogens (tertiary/aromatic N) is 3. The van der Waals surface area contributed by atoms with E-state index in [1.54, 1.807) is 17.8 Å². The lowest BCUT2D eigenvalue weighted by Crippen LogP contribution is -2.16. The molecule has 0 amide bonds. The maximum Gasteiger partial charge on any atom is 0.308 e. The molecule has 0 fully saturated rings. The minimum atomic E-state index is -0.834. The van der Waals surface area contributed by atoms with E-state index in [4.69, 9.17) is 10.8 Å². The molecule has 3 rings (SSSR count). The maximum atomic E-state index is 10.9. The van der Waals surface area contributed by atoms with Crippen LogP contribution < -0.4 is 5.73 Å². The predicted molar refractivity (Wildman–Crippen MR) is 78.5 cm³/mol. The van der Waals surface area contributed by atoms with Crippen LogP contribution in [0, 0.1) is 5.92 Å². The van der Waals surface area contributed by atoms with Crippen LogP contribution in [0.1, 0.15) is 6.92 Å². The van der Waals surface area contributed by atoms with Crippen molar-refractivity contribution < 1.29 is 9.90 Å². The van der Waals surface area contributed by atoms with Gasteiger partial charge in [-0.3, -0.25) is 14.6 Å². The normalized spacial score (nSPS) is 12.6. The average Bonchev–Trinajstić information content (AvgIpc) is 3.06. The van der Waals surface area contributed by atoms with Crippen LogP contribution in [0.15, 0.2) is 30.6 Å². The SMILES string of the molecule is CC(Cn1cc(-c2ccc3[nH]nc(N)c3c2)cn1)C(=O)O. The van der Waals surface area contributed by atoms with E-state index < -0.39 is 11.9 Å². The van der Waals surface area contributed by atoms with Crippen molar-refractivity contribution in [1.29, 1.82) is 0 Å². The average molecular weight is 285 g/mol. The highest BCUT2D eigenvalue weighted by Crippen LogP contribution is 2.26. The number of nitrogens with two attached hydrogens (primary N) is 1. The Balaban J connectivity index is 1.90. The second kappa shape index (κ2) is 4.93. The van der Waals surface area contributed by atoms with E-state index in [9.17, 15) is 4.79 Å². The summed E-state index contributed by atoms with van der Waals surface area (Å²) >= 11 is 0. The van der Waals surface area contributed by atoms with Crippen LogP contribution in [0.5, 0.6) is 0 Å². The van der Waals surface area contributed by atoms with Gasteiger partial charge in [0.15, 0.2) is 5.82 Å². The third-order valence-electron chi connectivity index (χ3n) is 3.44. The fourth-order valence-electron chi connectivity index (χ4n) is 2.19. The highest BCUT2D eigenvalue weighted by Gasteiger charge is 2.13. The molecule has 108 valence electrons. The van der Waals surface area contributed by atoms with Crippen molar-refractivity contribution in [3.05, 3.63) is 30.6 Å². The number of hydrogen-bond acceptors (Lipinski definition) is 4. The maximum absolute atomic E-state index is 10.9. The van der Waals surface area contributed by atoms with Gasteiger partial charge in [-0.2, -0.15) is 10.2 Å². The number of benzene rings is 1. The first-order valence-electron chi connectivity index (χ1n) is 6.54. The molecule has 1 aromatic carbocycles. The van der Waals surface area contributed by atoms with Crippen molar-refractivity contribution in [2.75, 3.05) is 5.73 Å². The number of fused-ring (bicyclic) bond motifs is 1. The summed E-state index contributed by atoms with van der Waals surface area (Å²) in [7, 11) is 0. The van der Waals surface area contributed by atoms with E-state index in [-0.39, 0.29) is 0 Å². The Morgan fingerprint density at radius 3 is 3.05 bits per heavy atom. The number of carboxylic acid groups (broad SMARTS) is 1. The van der Waals surface area contributed by atoms with Crippen molar-refractivity contribution in [2.45, 2.75) is 13.5 Å². The van der Waals surface area contributed by atoms with Gasteiger partial charge < -0.3 is 10.8 Å². The van der Waals surface area contributed by atoms with Crippen LogP contribution in [0.3, 0.4) is 0 Å². The van der Waals surface area contributed by atoms with Gasteiger partial charge in [0.1, 0.15) is 0 Å². The summed E-state index contributed by atoms with van der Waals surface area (Å²) in [6.07, 6.45) is 3.54. The first-order chi connectivity index (χ1) is 10.0. The number of carbonyl (C=O) groups is 1. The van der Waals surface area contributed by atoms with E-state index in [2.05, 4.69) is 15.3 Å². The van der Waals surface area contributed by atoms with Crippen LogP contribution in [0.4, 0.5) is 5.82 Å². The Kier molecular flexibility index (Phi) is 3.09. The fourth-order valence-corrected chi connectivity index (χ4v) is 2.19. The summed E-state index contributed by atoms with van der Waals surface area (Å²) in [6.45, 7) is 1.99. The Morgan fingerprint density at radius 2 is 2.29 bits per heavy atom. The summed E-state index contributed by atoms with van der Waals surface area (Å²) in [6, 6.07) is 5.79. The van der Waals surface area contributed by atoms with Crippen molar-refractivity contribution >= 4 is 22.7 Å². The van der Waals surface area contributed by atoms with Crippen LogP contribution in [-0.2, 0) is 11.3 Å². The van der Waals surface area contributed by atoms with Gasteiger partial charge in [0.25, 0.3) is 0 Å². The number of aromatic nitrogens is 4. The number of anilines is 1. The van der Waals surface area contributed by atoms with Crippen LogP contribution in [-0.4, -0.2) is 31.1 Å². The van der Waals surface area contributed by atoms with Gasteiger partial charge in [0, 0.05) is 17.1 Å². The van der Waals surface area contributed by atoms with Crippen LogP contribution >= 0.6 is 0 Å². The van der Waals surface area contributed by atoms with Crippen molar-refractivity contribution in [1.82, 2.24) is 20.0 Å². The lowest BCUT2D eigenvalue weighted by Gasteiger charge is -2.05. The monoisotopic (exact) mass is 285 g/mol. The highest BCUT2D eigenvalue weighted by atomic mass is 16.4. The Labute approximate surface area is 120 Å². The first-order valence-corrected chi connectivity index (χ1v) is 6.54. The molecule has 0 aliphatic carbocycles. The molecule has 21 heavy (non-hydrogen) atoms. The number of rotatable bonds is 4. The number of carboxylic acids is 1. The lowest BCUT2D eigenvalue weighted by molar-refractivity contribution is -0.141. The Bertz CT molecular complexity index is 805. The minimum Gasteiger partial charge on any atom is -0.481 e. The zero-order valence-corrected chi connectivity index (χ0v) is 11.4. The number of aromatic amines is 1. The molecule has 1 atom stereocenters. The molecular weight excluding hydrogens is 270 g/mol. The third kappa shape index (κ3) is 2.45. The summed E-state index contributed by atoms with van der Waals surface area (Å²) < 4.78 is 1.64. The van der Waals surface area contributed by atoms with Gasteiger partial charge in [-0.15, -0.1) is 0 Å². The van der Waals surface area contributed by atoms with Gasteiger partial charge in [0.2, 0.25) is 0 Å². The molecular formula is C14H15N5O2.